The summed E-state index contributed by atoms with van der Waals surface area (Å²) in [5.41, 5.74) is -0.463. The molecule has 43 heavy (non-hydrogen) atoms. The van der Waals surface area contributed by atoms with Crippen LogP contribution in [0.4, 0.5) is 11.4 Å². The zero-order valence-corrected chi connectivity index (χ0v) is 25.3. The van der Waals surface area contributed by atoms with Gasteiger partial charge in [-0.15, -0.1) is 0 Å². The second kappa shape index (κ2) is 11.1. The Morgan fingerprint density at radius 2 is 1.70 bits per heavy atom. The van der Waals surface area contributed by atoms with Gasteiger partial charge in [-0.25, -0.2) is 0 Å². The monoisotopic (exact) mass is 605 g/mol. The summed E-state index contributed by atoms with van der Waals surface area (Å²) in [4.78, 5) is 48.3. The molecule has 2 saturated heterocycles. The minimum absolute atomic E-state index is 0.145. The van der Waals surface area contributed by atoms with E-state index in [1.807, 2.05) is 81.5 Å². The highest BCUT2D eigenvalue weighted by Gasteiger charge is 2.74. The van der Waals surface area contributed by atoms with Crippen LogP contribution in [-0.4, -0.2) is 77.8 Å². The zero-order valence-electron chi connectivity index (χ0n) is 24.5. The van der Waals surface area contributed by atoms with E-state index in [0.29, 0.717) is 35.3 Å². The van der Waals surface area contributed by atoms with E-state index in [9.17, 15) is 19.5 Å². The lowest BCUT2D eigenvalue weighted by molar-refractivity contribution is -0.144. The molecule has 1 unspecified atom stereocenters. The van der Waals surface area contributed by atoms with E-state index in [0.717, 1.165) is 5.56 Å². The Bertz CT molecular complexity index is 1490. The fourth-order valence-electron chi connectivity index (χ4n) is 7.29. The average Bonchev–Trinajstić information content (AvgIpc) is 3.24. The maximum Gasteiger partial charge on any atom is 0.253 e. The standard InChI is InChI=1S/C33H36ClN3O6/c1-4-42-23-13-11-22(12-14-23)35-17-6-15-32(3)25(29(35)39)26-30(40)37(19-8-20-38)28-31(41)36(18-7-16-33(26,28)43-32)27-21(2)9-5-10-24(27)34/h5-7,9-16,25-26,28,38H,4,8,17-20H2,1-3H3/t25-,26+,28?,32+,33+/m1/s1. The predicted molar refractivity (Wildman–Crippen MR) is 163 cm³/mol. The number of hydrogen-bond donors (Lipinski definition) is 1. The van der Waals surface area contributed by atoms with Crippen LogP contribution in [0.5, 0.6) is 5.75 Å². The molecular formula is C33H36ClN3O6. The molecule has 2 aromatic rings. The number of fused-ring (bicyclic) bond motifs is 2. The molecule has 5 atom stereocenters. The van der Waals surface area contributed by atoms with E-state index < -0.39 is 29.1 Å². The quantitative estimate of drug-likeness (QED) is 0.481. The first-order valence-corrected chi connectivity index (χ1v) is 15.1. The average molecular weight is 606 g/mol. The van der Waals surface area contributed by atoms with Crippen LogP contribution in [0.1, 0.15) is 25.8 Å². The van der Waals surface area contributed by atoms with Crippen LogP contribution in [0.15, 0.2) is 66.8 Å². The molecule has 0 bridgehead atoms. The van der Waals surface area contributed by atoms with Crippen molar-refractivity contribution in [3.8, 4) is 5.75 Å². The van der Waals surface area contributed by atoms with Crippen molar-refractivity contribution in [2.45, 2.75) is 44.4 Å². The molecule has 0 aromatic heterocycles. The van der Waals surface area contributed by atoms with Gasteiger partial charge >= 0.3 is 0 Å². The van der Waals surface area contributed by atoms with Crippen molar-refractivity contribution in [1.82, 2.24) is 4.90 Å². The Kier molecular flexibility index (Phi) is 7.61. The number of benzene rings is 2. The molecular weight excluding hydrogens is 570 g/mol. The summed E-state index contributed by atoms with van der Waals surface area (Å²) in [6, 6.07) is 11.7. The number of nitrogens with zero attached hydrogens (tertiary/aromatic N) is 3. The van der Waals surface area contributed by atoms with E-state index in [1.54, 1.807) is 15.9 Å². The number of hydrogen-bond acceptors (Lipinski definition) is 6. The fourth-order valence-corrected chi connectivity index (χ4v) is 7.61. The lowest BCUT2D eigenvalue weighted by Crippen LogP contribution is -2.56. The van der Waals surface area contributed by atoms with Crippen molar-refractivity contribution in [1.29, 1.82) is 0 Å². The minimum atomic E-state index is -1.39. The third-order valence-corrected chi connectivity index (χ3v) is 9.34. The smallest absolute Gasteiger partial charge is 0.253 e. The van der Waals surface area contributed by atoms with Crippen LogP contribution in [0.3, 0.4) is 0 Å². The number of carbonyl (C=O) groups is 3. The molecule has 0 aliphatic carbocycles. The van der Waals surface area contributed by atoms with Crippen LogP contribution in [0.2, 0.25) is 5.02 Å². The molecule has 3 amide bonds. The van der Waals surface area contributed by atoms with E-state index in [2.05, 4.69) is 0 Å². The van der Waals surface area contributed by atoms with Crippen LogP contribution < -0.4 is 14.5 Å². The van der Waals surface area contributed by atoms with Crippen LogP contribution in [0, 0.1) is 18.8 Å². The van der Waals surface area contributed by atoms with Crippen molar-refractivity contribution in [3.05, 3.63) is 77.4 Å². The highest BCUT2D eigenvalue weighted by atomic mass is 35.5. The van der Waals surface area contributed by atoms with Gasteiger partial charge in [0.1, 0.15) is 17.4 Å². The van der Waals surface area contributed by atoms with Gasteiger partial charge in [0, 0.05) is 31.9 Å². The SMILES string of the molecule is CCOc1ccc(N2CC=C[C@]3(C)O[C@]45C=CCN(c6c(C)cccc6Cl)C(=O)C4N(CCCO)C(=O)[C@@H]5[C@@H]3C2=O)cc1. The summed E-state index contributed by atoms with van der Waals surface area (Å²) in [6.45, 7) is 6.67. The van der Waals surface area contributed by atoms with Gasteiger partial charge in [0.15, 0.2) is 0 Å². The van der Waals surface area contributed by atoms with Crippen molar-refractivity contribution < 1.29 is 29.0 Å². The topological polar surface area (TPSA) is 99.6 Å². The highest BCUT2D eigenvalue weighted by molar-refractivity contribution is 6.34. The number of carbonyl (C=O) groups excluding carboxylic acids is 3. The van der Waals surface area contributed by atoms with Gasteiger partial charge in [0.2, 0.25) is 11.8 Å². The van der Waals surface area contributed by atoms with Gasteiger partial charge < -0.3 is 29.3 Å². The molecule has 4 heterocycles. The summed E-state index contributed by atoms with van der Waals surface area (Å²) in [6.07, 6.45) is 7.67. The summed E-state index contributed by atoms with van der Waals surface area (Å²) >= 11 is 6.61. The number of rotatable bonds is 7. The maximum absolute atomic E-state index is 14.6. The van der Waals surface area contributed by atoms with Crippen LogP contribution >= 0.6 is 11.6 Å². The molecule has 1 N–H and O–H groups in total. The lowest BCUT2D eigenvalue weighted by atomic mass is 9.74. The van der Waals surface area contributed by atoms with Crippen molar-refractivity contribution >= 4 is 40.7 Å². The summed E-state index contributed by atoms with van der Waals surface area (Å²) < 4.78 is 12.5. The minimum Gasteiger partial charge on any atom is -0.494 e. The fraction of sp³-hybridized carbons (Fsp3) is 0.424. The van der Waals surface area contributed by atoms with Crippen LogP contribution in [-0.2, 0) is 19.1 Å². The normalized spacial score (nSPS) is 29.8. The molecule has 4 aliphatic heterocycles. The maximum atomic E-state index is 14.6. The molecule has 0 radical (unpaired) electrons. The predicted octanol–water partition coefficient (Wildman–Crippen LogP) is 3.91. The molecule has 1 spiro atoms. The first-order valence-electron chi connectivity index (χ1n) is 14.7. The van der Waals surface area contributed by atoms with Gasteiger partial charge in [-0.1, -0.05) is 48.0 Å². The number of anilines is 2. The van der Waals surface area contributed by atoms with Crippen LogP contribution in [0.25, 0.3) is 0 Å². The van der Waals surface area contributed by atoms with E-state index in [-0.39, 0.29) is 43.8 Å². The largest absolute Gasteiger partial charge is 0.494 e. The number of amides is 3. The first-order chi connectivity index (χ1) is 20.7. The van der Waals surface area contributed by atoms with Gasteiger partial charge in [-0.05, 0) is 63.1 Å². The van der Waals surface area contributed by atoms with E-state index >= 15 is 0 Å². The molecule has 2 fully saturated rings. The molecule has 226 valence electrons. The third-order valence-electron chi connectivity index (χ3n) is 9.03. The molecule has 2 aromatic carbocycles. The summed E-state index contributed by atoms with van der Waals surface area (Å²) in [5.74, 6) is -2.07. The number of halogens is 1. The second-order valence-electron chi connectivity index (χ2n) is 11.6. The van der Waals surface area contributed by atoms with Gasteiger partial charge in [-0.3, -0.25) is 14.4 Å². The number of aryl methyl sites for hydroxylation is 1. The molecule has 10 heteroatoms. The van der Waals surface area contributed by atoms with Crippen molar-refractivity contribution in [3.63, 3.8) is 0 Å². The summed E-state index contributed by atoms with van der Waals surface area (Å²) in [5, 5.41) is 10.1. The number of aliphatic hydroxyl groups is 1. The van der Waals surface area contributed by atoms with Gasteiger partial charge in [-0.2, -0.15) is 0 Å². The molecule has 0 saturated carbocycles. The van der Waals surface area contributed by atoms with Crippen molar-refractivity contribution in [2.24, 2.45) is 11.8 Å². The highest BCUT2D eigenvalue weighted by Crippen LogP contribution is 2.58. The van der Waals surface area contributed by atoms with E-state index in [4.69, 9.17) is 21.1 Å². The third kappa shape index (κ3) is 4.56. The molecule has 4 aliphatic rings. The number of ether oxygens (including phenoxy) is 2. The molecule has 6 rings (SSSR count). The Hall–Kier alpha value is -3.66. The van der Waals surface area contributed by atoms with Crippen molar-refractivity contribution in [2.75, 3.05) is 42.6 Å². The van der Waals surface area contributed by atoms with Gasteiger partial charge in [0.05, 0.1) is 34.8 Å². The molecule has 9 nitrogen and oxygen atoms in total. The Balaban J connectivity index is 1.44. The van der Waals surface area contributed by atoms with E-state index in [1.165, 1.54) is 4.90 Å². The van der Waals surface area contributed by atoms with Gasteiger partial charge in [0.25, 0.3) is 5.91 Å². The lowest BCUT2D eigenvalue weighted by Gasteiger charge is -2.37. The first kappa shape index (κ1) is 29.4. The number of para-hydroxylation sites is 1. The zero-order chi connectivity index (χ0) is 30.5. The summed E-state index contributed by atoms with van der Waals surface area (Å²) in [7, 11) is 0. The number of likely N-dealkylation sites (tertiary alicyclic amines) is 1. The Morgan fingerprint density at radius 1 is 0.977 bits per heavy atom. The Morgan fingerprint density at radius 3 is 2.40 bits per heavy atom. The second-order valence-corrected chi connectivity index (χ2v) is 12.0. The Labute approximate surface area is 256 Å². The number of aliphatic hydroxyl groups excluding tert-OH is 1.